The molecule has 1 amide bonds. The van der Waals surface area contributed by atoms with Crippen molar-refractivity contribution in [2.75, 3.05) is 26.2 Å². The summed E-state index contributed by atoms with van der Waals surface area (Å²) in [7, 11) is 0. The van der Waals surface area contributed by atoms with Crippen LogP contribution in [0.4, 0.5) is 4.39 Å². The predicted octanol–water partition coefficient (Wildman–Crippen LogP) is 2.02. The number of halogens is 1. The van der Waals surface area contributed by atoms with E-state index in [2.05, 4.69) is 14.9 Å². The number of piperazine rings is 1. The highest BCUT2D eigenvalue weighted by Gasteiger charge is 2.24. The number of nitrogens with zero attached hydrogens (tertiary/aromatic N) is 3. The van der Waals surface area contributed by atoms with E-state index in [9.17, 15) is 14.0 Å². The minimum Gasteiger partial charge on any atom is -0.336 e. The maximum Gasteiger partial charge on any atom is 0.258 e. The van der Waals surface area contributed by atoms with E-state index in [0.29, 0.717) is 49.5 Å². The molecule has 0 spiro atoms. The molecule has 27 heavy (non-hydrogen) atoms. The number of nitrogens with one attached hydrogen (secondary N) is 1. The maximum absolute atomic E-state index is 13.8. The van der Waals surface area contributed by atoms with Gasteiger partial charge in [0.1, 0.15) is 11.6 Å². The Bertz CT molecular complexity index is 1040. The van der Waals surface area contributed by atoms with Crippen molar-refractivity contribution in [2.45, 2.75) is 6.54 Å². The van der Waals surface area contributed by atoms with Crippen molar-refractivity contribution in [3.05, 3.63) is 76.1 Å². The number of carbonyl (C=O) groups is 1. The summed E-state index contributed by atoms with van der Waals surface area (Å²) in [5, 5.41) is 0.571. The molecule has 1 aromatic heterocycles. The molecule has 7 heteroatoms. The number of benzene rings is 2. The first-order valence-corrected chi connectivity index (χ1v) is 8.86. The third kappa shape index (κ3) is 3.59. The van der Waals surface area contributed by atoms with Crippen molar-refractivity contribution in [2.24, 2.45) is 0 Å². The standard InChI is InChI=1S/C20H19FN4O2/c21-16-7-3-1-5-14(16)20(27)25-11-9-24(10-12-25)13-18-22-17-8-4-2-6-15(17)19(26)23-18/h1-8H,9-13H2,(H,22,23,26). The van der Waals surface area contributed by atoms with Gasteiger partial charge in [0.15, 0.2) is 0 Å². The van der Waals surface area contributed by atoms with E-state index in [1.54, 1.807) is 23.1 Å². The fourth-order valence-electron chi connectivity index (χ4n) is 3.34. The number of hydrogen-bond acceptors (Lipinski definition) is 4. The molecule has 0 radical (unpaired) electrons. The Labute approximate surface area is 155 Å². The summed E-state index contributed by atoms with van der Waals surface area (Å²) >= 11 is 0. The van der Waals surface area contributed by atoms with E-state index in [0.717, 1.165) is 0 Å². The van der Waals surface area contributed by atoms with Crippen molar-refractivity contribution < 1.29 is 9.18 Å². The quantitative estimate of drug-likeness (QED) is 0.770. The Hall–Kier alpha value is -3.06. The highest BCUT2D eigenvalue weighted by atomic mass is 19.1. The summed E-state index contributed by atoms with van der Waals surface area (Å²) in [4.78, 5) is 35.8. The van der Waals surface area contributed by atoms with E-state index in [4.69, 9.17) is 0 Å². The monoisotopic (exact) mass is 366 g/mol. The van der Waals surface area contributed by atoms with Crippen LogP contribution in [0.1, 0.15) is 16.2 Å². The van der Waals surface area contributed by atoms with Crippen LogP contribution >= 0.6 is 0 Å². The molecule has 0 saturated carbocycles. The van der Waals surface area contributed by atoms with E-state index >= 15 is 0 Å². The Balaban J connectivity index is 1.42. The average Bonchev–Trinajstić information content (AvgIpc) is 2.68. The normalized spacial score (nSPS) is 15.2. The largest absolute Gasteiger partial charge is 0.336 e. The summed E-state index contributed by atoms with van der Waals surface area (Å²) in [6.07, 6.45) is 0. The molecule has 2 aromatic carbocycles. The summed E-state index contributed by atoms with van der Waals surface area (Å²) < 4.78 is 13.8. The van der Waals surface area contributed by atoms with Crippen LogP contribution in [0.2, 0.25) is 0 Å². The van der Waals surface area contributed by atoms with Crippen LogP contribution in [0, 0.1) is 5.82 Å². The molecule has 138 valence electrons. The molecule has 0 aliphatic carbocycles. The van der Waals surface area contributed by atoms with E-state index in [1.165, 1.54) is 12.1 Å². The third-order valence-electron chi connectivity index (χ3n) is 4.80. The van der Waals surface area contributed by atoms with Gasteiger partial charge in [0.2, 0.25) is 0 Å². The molecule has 1 N–H and O–H groups in total. The second kappa shape index (κ2) is 7.28. The number of hydrogen-bond donors (Lipinski definition) is 1. The van der Waals surface area contributed by atoms with E-state index < -0.39 is 5.82 Å². The fraction of sp³-hybridized carbons (Fsp3) is 0.250. The first kappa shape index (κ1) is 17.4. The lowest BCUT2D eigenvalue weighted by Crippen LogP contribution is -2.48. The molecular formula is C20H19FN4O2. The first-order chi connectivity index (χ1) is 13.1. The van der Waals surface area contributed by atoms with Gasteiger partial charge in [0.05, 0.1) is 23.0 Å². The smallest absolute Gasteiger partial charge is 0.258 e. The van der Waals surface area contributed by atoms with Crippen molar-refractivity contribution in [3.63, 3.8) is 0 Å². The van der Waals surface area contributed by atoms with Crippen molar-refractivity contribution in [1.29, 1.82) is 0 Å². The predicted molar refractivity (Wildman–Crippen MR) is 99.9 cm³/mol. The third-order valence-corrected chi connectivity index (χ3v) is 4.80. The van der Waals surface area contributed by atoms with Crippen LogP contribution in [0.5, 0.6) is 0 Å². The summed E-state index contributed by atoms with van der Waals surface area (Å²) in [5.74, 6) is -0.180. The first-order valence-electron chi connectivity index (χ1n) is 8.86. The van der Waals surface area contributed by atoms with Crippen LogP contribution in [0.15, 0.2) is 53.3 Å². The van der Waals surface area contributed by atoms with E-state index in [1.807, 2.05) is 18.2 Å². The second-order valence-electron chi connectivity index (χ2n) is 6.58. The minimum atomic E-state index is -0.497. The Morgan fingerprint density at radius 3 is 2.52 bits per heavy atom. The maximum atomic E-state index is 13.8. The molecule has 0 unspecified atom stereocenters. The molecular weight excluding hydrogens is 347 g/mol. The van der Waals surface area contributed by atoms with Gasteiger partial charge in [-0.15, -0.1) is 0 Å². The number of amides is 1. The highest BCUT2D eigenvalue weighted by Crippen LogP contribution is 2.13. The van der Waals surface area contributed by atoms with Crippen LogP contribution in [-0.4, -0.2) is 51.9 Å². The SMILES string of the molecule is O=C(c1ccccc1F)N1CCN(Cc2nc3ccccc3c(=O)[nH]2)CC1. The summed E-state index contributed by atoms with van der Waals surface area (Å²) in [5.41, 5.74) is 0.625. The second-order valence-corrected chi connectivity index (χ2v) is 6.58. The van der Waals surface area contributed by atoms with Crippen LogP contribution in [0.3, 0.4) is 0 Å². The molecule has 2 heterocycles. The van der Waals surface area contributed by atoms with Gasteiger partial charge in [-0.2, -0.15) is 0 Å². The number of aromatic nitrogens is 2. The zero-order chi connectivity index (χ0) is 18.8. The Morgan fingerprint density at radius 2 is 1.74 bits per heavy atom. The van der Waals surface area contributed by atoms with Crippen molar-refractivity contribution in [3.8, 4) is 0 Å². The molecule has 3 aromatic rings. The van der Waals surface area contributed by atoms with Crippen molar-refractivity contribution in [1.82, 2.24) is 19.8 Å². The Kier molecular flexibility index (Phi) is 4.68. The number of rotatable bonds is 3. The van der Waals surface area contributed by atoms with Gasteiger partial charge in [-0.3, -0.25) is 14.5 Å². The molecule has 0 atom stereocenters. The van der Waals surface area contributed by atoms with E-state index in [-0.39, 0.29) is 17.0 Å². The minimum absolute atomic E-state index is 0.103. The van der Waals surface area contributed by atoms with Crippen LogP contribution < -0.4 is 5.56 Å². The number of fused-ring (bicyclic) bond motifs is 1. The number of aromatic amines is 1. The van der Waals surface area contributed by atoms with Gasteiger partial charge in [-0.1, -0.05) is 24.3 Å². The molecule has 1 aliphatic rings. The number of carbonyl (C=O) groups excluding carboxylic acids is 1. The van der Waals surface area contributed by atoms with Gasteiger partial charge in [-0.05, 0) is 24.3 Å². The van der Waals surface area contributed by atoms with Crippen LogP contribution in [0.25, 0.3) is 10.9 Å². The molecule has 1 aliphatic heterocycles. The number of para-hydroxylation sites is 1. The van der Waals surface area contributed by atoms with Gasteiger partial charge >= 0.3 is 0 Å². The molecule has 0 bridgehead atoms. The fourth-order valence-corrected chi connectivity index (χ4v) is 3.34. The van der Waals surface area contributed by atoms with Crippen molar-refractivity contribution >= 4 is 16.8 Å². The molecule has 6 nitrogen and oxygen atoms in total. The van der Waals surface area contributed by atoms with Gasteiger partial charge < -0.3 is 9.88 Å². The summed E-state index contributed by atoms with van der Waals surface area (Å²) in [6, 6.07) is 13.3. The van der Waals surface area contributed by atoms with Gasteiger partial charge in [0.25, 0.3) is 11.5 Å². The lowest BCUT2D eigenvalue weighted by molar-refractivity contribution is 0.0621. The molecule has 1 saturated heterocycles. The zero-order valence-electron chi connectivity index (χ0n) is 14.7. The lowest BCUT2D eigenvalue weighted by atomic mass is 10.1. The summed E-state index contributed by atoms with van der Waals surface area (Å²) in [6.45, 7) is 2.78. The number of H-pyrrole nitrogens is 1. The molecule has 4 rings (SSSR count). The highest BCUT2D eigenvalue weighted by molar-refractivity contribution is 5.94. The lowest BCUT2D eigenvalue weighted by Gasteiger charge is -2.34. The zero-order valence-corrected chi connectivity index (χ0v) is 14.7. The topological polar surface area (TPSA) is 69.3 Å². The van der Waals surface area contributed by atoms with Gasteiger partial charge in [0, 0.05) is 26.2 Å². The molecule has 1 fully saturated rings. The Morgan fingerprint density at radius 1 is 1.04 bits per heavy atom. The van der Waals surface area contributed by atoms with Gasteiger partial charge in [-0.25, -0.2) is 9.37 Å². The average molecular weight is 366 g/mol. The van der Waals surface area contributed by atoms with Crippen LogP contribution in [-0.2, 0) is 6.54 Å².